The van der Waals surface area contributed by atoms with Gasteiger partial charge in [-0.1, -0.05) is 27.2 Å². The number of aliphatic hydroxyl groups excluding tert-OH is 1. The second-order valence-corrected chi connectivity index (χ2v) is 4.42. The van der Waals surface area contributed by atoms with E-state index in [1.807, 2.05) is 13.8 Å². The van der Waals surface area contributed by atoms with Gasteiger partial charge in [-0.05, 0) is 19.3 Å². The Morgan fingerprint density at radius 1 is 1.38 bits per heavy atom. The molecule has 0 aliphatic heterocycles. The number of carbonyl (C=O) groups excluding carboxylic acids is 1. The fourth-order valence-electron chi connectivity index (χ4n) is 1.06. The van der Waals surface area contributed by atoms with E-state index < -0.39 is 12.2 Å². The van der Waals surface area contributed by atoms with E-state index in [0.717, 1.165) is 12.8 Å². The van der Waals surface area contributed by atoms with Crippen LogP contribution < -0.4 is 5.32 Å². The van der Waals surface area contributed by atoms with Crippen molar-refractivity contribution in [3.63, 3.8) is 0 Å². The van der Waals surface area contributed by atoms with Crippen LogP contribution in [0.4, 0.5) is 0 Å². The van der Waals surface area contributed by atoms with E-state index in [9.17, 15) is 9.90 Å². The van der Waals surface area contributed by atoms with Gasteiger partial charge in [-0.15, -0.1) is 0 Å². The molecule has 0 bridgehead atoms. The highest BCUT2D eigenvalue weighted by atomic mass is 16.5. The molecule has 0 aromatic carbocycles. The fraction of sp³-hybridized carbons (Fsp3) is 0.917. The molecule has 0 aliphatic rings. The summed E-state index contributed by atoms with van der Waals surface area (Å²) in [5.74, 6) is -0.00702. The van der Waals surface area contributed by atoms with Crippen LogP contribution in [0.2, 0.25) is 0 Å². The number of aliphatic hydroxyl groups is 1. The summed E-state index contributed by atoms with van der Waals surface area (Å²) in [7, 11) is 0. The van der Waals surface area contributed by atoms with E-state index in [2.05, 4.69) is 12.2 Å². The third kappa shape index (κ3) is 6.80. The minimum absolute atomic E-state index is 0.150. The SMILES string of the molecule is CCCCOC(C)C(=O)NCC(O)C(C)C. The van der Waals surface area contributed by atoms with Crippen LogP contribution in [-0.2, 0) is 9.53 Å². The number of unbranched alkanes of at least 4 members (excludes halogenated alkanes) is 1. The smallest absolute Gasteiger partial charge is 0.248 e. The molecule has 4 heteroatoms. The van der Waals surface area contributed by atoms with Crippen molar-refractivity contribution in [2.45, 2.75) is 52.7 Å². The van der Waals surface area contributed by atoms with Crippen molar-refractivity contribution in [1.29, 1.82) is 0 Å². The lowest BCUT2D eigenvalue weighted by Crippen LogP contribution is -2.40. The minimum Gasteiger partial charge on any atom is -0.391 e. The minimum atomic E-state index is -0.494. The molecule has 96 valence electrons. The van der Waals surface area contributed by atoms with Gasteiger partial charge in [0, 0.05) is 13.2 Å². The average Bonchev–Trinajstić information content (AvgIpc) is 2.25. The molecule has 16 heavy (non-hydrogen) atoms. The van der Waals surface area contributed by atoms with Gasteiger partial charge in [-0.3, -0.25) is 4.79 Å². The molecular weight excluding hydrogens is 206 g/mol. The van der Waals surface area contributed by atoms with Crippen molar-refractivity contribution in [2.75, 3.05) is 13.2 Å². The van der Waals surface area contributed by atoms with Crippen LogP contribution in [0.15, 0.2) is 0 Å². The molecule has 1 amide bonds. The molecule has 2 N–H and O–H groups in total. The molecule has 0 aromatic heterocycles. The summed E-state index contributed by atoms with van der Waals surface area (Å²) in [4.78, 5) is 11.5. The van der Waals surface area contributed by atoms with Crippen LogP contribution in [0.5, 0.6) is 0 Å². The van der Waals surface area contributed by atoms with E-state index in [1.165, 1.54) is 0 Å². The van der Waals surface area contributed by atoms with Gasteiger partial charge >= 0.3 is 0 Å². The normalized spacial score (nSPS) is 14.9. The Balaban J connectivity index is 3.70. The summed E-state index contributed by atoms with van der Waals surface area (Å²) in [5, 5.41) is 12.2. The monoisotopic (exact) mass is 231 g/mol. The predicted molar refractivity (Wildman–Crippen MR) is 64.2 cm³/mol. The van der Waals surface area contributed by atoms with E-state index in [1.54, 1.807) is 6.92 Å². The Kier molecular flexibility index (Phi) is 8.21. The van der Waals surface area contributed by atoms with Gasteiger partial charge in [0.1, 0.15) is 6.10 Å². The quantitative estimate of drug-likeness (QED) is 0.619. The molecule has 0 fully saturated rings. The van der Waals surface area contributed by atoms with Crippen molar-refractivity contribution in [3.8, 4) is 0 Å². The summed E-state index contributed by atoms with van der Waals surface area (Å²) in [5.41, 5.74) is 0. The summed E-state index contributed by atoms with van der Waals surface area (Å²) >= 11 is 0. The van der Waals surface area contributed by atoms with E-state index in [0.29, 0.717) is 6.61 Å². The van der Waals surface area contributed by atoms with Crippen LogP contribution in [0.1, 0.15) is 40.5 Å². The molecule has 0 spiro atoms. The third-order valence-electron chi connectivity index (χ3n) is 2.49. The van der Waals surface area contributed by atoms with Gasteiger partial charge in [0.25, 0.3) is 0 Å². The first kappa shape index (κ1) is 15.4. The molecule has 2 atom stereocenters. The first-order valence-electron chi connectivity index (χ1n) is 6.06. The zero-order valence-corrected chi connectivity index (χ0v) is 10.8. The zero-order chi connectivity index (χ0) is 12.6. The molecule has 0 saturated heterocycles. The molecule has 4 nitrogen and oxygen atoms in total. The lowest BCUT2D eigenvalue weighted by Gasteiger charge is -2.17. The topological polar surface area (TPSA) is 58.6 Å². The van der Waals surface area contributed by atoms with Gasteiger partial charge < -0.3 is 15.2 Å². The lowest BCUT2D eigenvalue weighted by molar-refractivity contribution is -0.132. The zero-order valence-electron chi connectivity index (χ0n) is 10.8. The van der Waals surface area contributed by atoms with Crippen LogP contribution in [0, 0.1) is 5.92 Å². The second kappa shape index (κ2) is 8.53. The molecule has 2 unspecified atom stereocenters. The summed E-state index contributed by atoms with van der Waals surface area (Å²) in [6.45, 7) is 8.53. The molecule has 0 saturated carbocycles. The highest BCUT2D eigenvalue weighted by molar-refractivity contribution is 5.80. The number of hydrogen-bond donors (Lipinski definition) is 2. The lowest BCUT2D eigenvalue weighted by atomic mass is 10.1. The number of nitrogens with one attached hydrogen (secondary N) is 1. The van der Waals surface area contributed by atoms with Gasteiger partial charge in [-0.25, -0.2) is 0 Å². The molecular formula is C12H25NO3. The summed E-state index contributed by atoms with van der Waals surface area (Å²) in [6.07, 6.45) is 1.09. The van der Waals surface area contributed by atoms with Crippen molar-refractivity contribution in [1.82, 2.24) is 5.32 Å². The average molecular weight is 231 g/mol. The van der Waals surface area contributed by atoms with Crippen molar-refractivity contribution < 1.29 is 14.6 Å². The highest BCUT2D eigenvalue weighted by Gasteiger charge is 2.15. The Morgan fingerprint density at radius 2 is 2.00 bits per heavy atom. The van der Waals surface area contributed by atoms with Crippen LogP contribution >= 0.6 is 0 Å². The van der Waals surface area contributed by atoms with E-state index in [-0.39, 0.29) is 18.4 Å². The molecule has 0 rings (SSSR count). The molecule has 0 aliphatic carbocycles. The van der Waals surface area contributed by atoms with Crippen LogP contribution in [-0.4, -0.2) is 36.4 Å². The number of amides is 1. The van der Waals surface area contributed by atoms with Crippen molar-refractivity contribution in [3.05, 3.63) is 0 Å². The predicted octanol–water partition coefficient (Wildman–Crippen LogP) is 1.32. The van der Waals surface area contributed by atoms with E-state index in [4.69, 9.17) is 4.74 Å². The number of ether oxygens (including phenoxy) is 1. The van der Waals surface area contributed by atoms with Crippen molar-refractivity contribution in [2.24, 2.45) is 5.92 Å². The van der Waals surface area contributed by atoms with Gasteiger partial charge in [0.15, 0.2) is 0 Å². The summed E-state index contributed by atoms with van der Waals surface area (Å²) < 4.78 is 5.34. The largest absolute Gasteiger partial charge is 0.391 e. The maximum atomic E-state index is 11.5. The van der Waals surface area contributed by atoms with Gasteiger partial charge in [0.2, 0.25) is 5.91 Å². The Labute approximate surface area is 98.4 Å². The van der Waals surface area contributed by atoms with Gasteiger partial charge in [-0.2, -0.15) is 0 Å². The van der Waals surface area contributed by atoms with Crippen molar-refractivity contribution >= 4 is 5.91 Å². The van der Waals surface area contributed by atoms with Gasteiger partial charge in [0.05, 0.1) is 6.10 Å². The maximum Gasteiger partial charge on any atom is 0.248 e. The maximum absolute atomic E-state index is 11.5. The molecule has 0 aromatic rings. The molecule has 0 heterocycles. The van der Waals surface area contributed by atoms with Crippen LogP contribution in [0.3, 0.4) is 0 Å². The Hall–Kier alpha value is -0.610. The first-order valence-corrected chi connectivity index (χ1v) is 6.06. The summed E-state index contributed by atoms with van der Waals surface area (Å²) in [6, 6.07) is 0. The third-order valence-corrected chi connectivity index (χ3v) is 2.49. The van der Waals surface area contributed by atoms with E-state index >= 15 is 0 Å². The highest BCUT2D eigenvalue weighted by Crippen LogP contribution is 2.00. The standard InChI is InChI=1S/C12H25NO3/c1-5-6-7-16-10(4)12(15)13-8-11(14)9(2)3/h9-11,14H,5-8H2,1-4H3,(H,13,15). The Morgan fingerprint density at radius 3 is 2.50 bits per heavy atom. The fourth-order valence-corrected chi connectivity index (χ4v) is 1.06. The Bertz CT molecular complexity index is 195. The molecule has 0 radical (unpaired) electrons. The number of hydrogen-bond acceptors (Lipinski definition) is 3. The number of carbonyl (C=O) groups is 1. The van der Waals surface area contributed by atoms with Crippen LogP contribution in [0.25, 0.3) is 0 Å². The number of rotatable bonds is 8. The first-order chi connectivity index (χ1) is 7.49. The second-order valence-electron chi connectivity index (χ2n) is 4.42.